The minimum atomic E-state index is 0.129. The van der Waals surface area contributed by atoms with Crippen molar-refractivity contribution in [1.29, 1.82) is 0 Å². The highest BCUT2D eigenvalue weighted by atomic mass is 16.5. The maximum atomic E-state index is 8.95. The van der Waals surface area contributed by atoms with Gasteiger partial charge in [0.1, 0.15) is 5.75 Å². The maximum absolute atomic E-state index is 8.95. The summed E-state index contributed by atoms with van der Waals surface area (Å²) in [6.45, 7) is 3.00. The zero-order valence-electron chi connectivity index (χ0n) is 25.1. The number of aliphatic hydroxyl groups is 2. The highest BCUT2D eigenvalue weighted by molar-refractivity contribution is 5.86. The van der Waals surface area contributed by atoms with Crippen LogP contribution in [0.3, 0.4) is 0 Å². The lowest BCUT2D eigenvalue weighted by Gasteiger charge is -2.06. The van der Waals surface area contributed by atoms with Gasteiger partial charge in [-0.2, -0.15) is 0 Å². The predicted octanol–water partition coefficient (Wildman–Crippen LogP) is 7.63. The van der Waals surface area contributed by atoms with Crippen LogP contribution < -0.4 is 4.74 Å². The van der Waals surface area contributed by atoms with Crippen molar-refractivity contribution >= 4 is 21.5 Å². The smallest absolute Gasteiger partial charge is 0.119 e. The van der Waals surface area contributed by atoms with Gasteiger partial charge in [-0.05, 0) is 113 Å². The van der Waals surface area contributed by atoms with E-state index in [0.717, 1.165) is 80.8 Å². The average molecular weight is 577 g/mol. The van der Waals surface area contributed by atoms with Gasteiger partial charge in [-0.1, -0.05) is 66.7 Å². The number of fused-ring (bicyclic) bond motifs is 2. The summed E-state index contributed by atoms with van der Waals surface area (Å²) in [6, 6.07) is 31.0. The molecule has 0 saturated heterocycles. The summed E-state index contributed by atoms with van der Waals surface area (Å²) in [6.07, 6.45) is 4.02. The third-order valence-corrected chi connectivity index (χ3v) is 7.34. The van der Waals surface area contributed by atoms with E-state index in [4.69, 9.17) is 14.9 Å². The normalized spacial score (nSPS) is 10.3. The van der Waals surface area contributed by atoms with E-state index in [9.17, 15) is 0 Å². The van der Waals surface area contributed by atoms with Crippen LogP contribution >= 0.6 is 0 Å². The number of benzene rings is 5. The standard InChI is InChI=1S/C41H36O3/c1-2-35-26-32(9-10-33-15-20-40-30-41(44-25-7-24-43)22-21-39(40)28-33)11-16-36(35)17-12-34-14-19-37-27-31(13-18-38(37)29-34)8-5-3-4-6-23-42/h11,13-16,18-22,26-30,42-43H,2-4,6-7,23-25H2,1H3. The van der Waals surface area contributed by atoms with Crippen molar-refractivity contribution in [2.45, 2.75) is 39.0 Å². The van der Waals surface area contributed by atoms with E-state index in [0.29, 0.717) is 13.0 Å². The van der Waals surface area contributed by atoms with Gasteiger partial charge < -0.3 is 14.9 Å². The van der Waals surface area contributed by atoms with Crippen molar-refractivity contribution in [1.82, 2.24) is 0 Å². The molecule has 5 aromatic carbocycles. The van der Waals surface area contributed by atoms with Crippen LogP contribution in [-0.2, 0) is 6.42 Å². The Balaban J connectivity index is 1.28. The summed E-state index contributed by atoms with van der Waals surface area (Å²) in [5.74, 6) is 20.6. The Kier molecular flexibility index (Phi) is 10.7. The number of hydrogen-bond acceptors (Lipinski definition) is 3. The highest BCUT2D eigenvalue weighted by Crippen LogP contribution is 2.23. The molecule has 0 aliphatic rings. The molecular formula is C41H36O3. The number of unbranched alkanes of at least 4 members (excludes halogenated alkanes) is 2. The average Bonchev–Trinajstić information content (AvgIpc) is 3.06. The van der Waals surface area contributed by atoms with Crippen LogP contribution in [0.5, 0.6) is 5.75 Å². The van der Waals surface area contributed by atoms with Gasteiger partial charge in [-0.3, -0.25) is 0 Å². The van der Waals surface area contributed by atoms with E-state index < -0.39 is 0 Å². The first kappa shape index (κ1) is 30.5. The third-order valence-electron chi connectivity index (χ3n) is 7.34. The Bertz CT molecular complexity index is 1950. The van der Waals surface area contributed by atoms with Gasteiger partial charge in [0.05, 0.1) is 6.61 Å². The molecule has 44 heavy (non-hydrogen) atoms. The monoisotopic (exact) mass is 576 g/mol. The zero-order chi connectivity index (χ0) is 30.6. The zero-order valence-corrected chi connectivity index (χ0v) is 25.1. The van der Waals surface area contributed by atoms with Crippen LogP contribution in [0.2, 0.25) is 0 Å². The van der Waals surface area contributed by atoms with Gasteiger partial charge in [0, 0.05) is 53.9 Å². The van der Waals surface area contributed by atoms with Crippen LogP contribution in [0.4, 0.5) is 0 Å². The molecule has 0 bridgehead atoms. The molecule has 0 atom stereocenters. The minimum absolute atomic E-state index is 0.129. The van der Waals surface area contributed by atoms with Crippen LogP contribution in [0.1, 0.15) is 66.0 Å². The van der Waals surface area contributed by atoms with E-state index in [1.165, 1.54) is 5.56 Å². The maximum Gasteiger partial charge on any atom is 0.119 e. The first-order valence-corrected chi connectivity index (χ1v) is 15.2. The molecule has 3 nitrogen and oxygen atoms in total. The molecule has 2 N–H and O–H groups in total. The lowest BCUT2D eigenvalue weighted by molar-refractivity contribution is 0.234. The molecule has 5 aromatic rings. The fraction of sp³-hybridized carbons (Fsp3) is 0.220. The summed E-state index contributed by atoms with van der Waals surface area (Å²) < 4.78 is 5.70. The van der Waals surface area contributed by atoms with Gasteiger partial charge >= 0.3 is 0 Å². The fourth-order valence-electron chi connectivity index (χ4n) is 4.91. The molecule has 0 heterocycles. The van der Waals surface area contributed by atoms with E-state index >= 15 is 0 Å². The topological polar surface area (TPSA) is 49.7 Å². The molecular weight excluding hydrogens is 540 g/mol. The van der Waals surface area contributed by atoms with Crippen LogP contribution in [-0.4, -0.2) is 30.0 Å². The molecule has 0 aliphatic heterocycles. The van der Waals surface area contributed by atoms with Gasteiger partial charge in [-0.15, -0.1) is 0 Å². The quantitative estimate of drug-likeness (QED) is 0.148. The second-order valence-electron chi connectivity index (χ2n) is 10.6. The molecule has 218 valence electrons. The minimum Gasteiger partial charge on any atom is -0.493 e. The van der Waals surface area contributed by atoms with E-state index in [-0.39, 0.29) is 13.2 Å². The fourth-order valence-corrected chi connectivity index (χ4v) is 4.91. The summed E-state index contributed by atoms with van der Waals surface area (Å²) in [5, 5.41) is 22.3. The largest absolute Gasteiger partial charge is 0.493 e. The molecule has 0 spiro atoms. The molecule has 3 heteroatoms. The van der Waals surface area contributed by atoms with E-state index in [1.807, 2.05) is 30.3 Å². The van der Waals surface area contributed by atoms with Gasteiger partial charge in [-0.25, -0.2) is 0 Å². The van der Waals surface area contributed by atoms with Crippen molar-refractivity contribution < 1.29 is 14.9 Å². The molecule has 0 amide bonds. The van der Waals surface area contributed by atoms with E-state index in [2.05, 4.69) is 103 Å². The molecule has 0 aromatic heterocycles. The van der Waals surface area contributed by atoms with Crippen molar-refractivity contribution in [3.8, 4) is 41.3 Å². The van der Waals surface area contributed by atoms with Gasteiger partial charge in [0.25, 0.3) is 0 Å². The first-order valence-electron chi connectivity index (χ1n) is 15.2. The van der Waals surface area contributed by atoms with Crippen molar-refractivity contribution in [3.63, 3.8) is 0 Å². The molecule has 0 radical (unpaired) electrons. The summed E-state index contributed by atoms with van der Waals surface area (Å²) in [4.78, 5) is 0. The highest BCUT2D eigenvalue weighted by Gasteiger charge is 2.02. The van der Waals surface area contributed by atoms with Gasteiger partial charge in [0.2, 0.25) is 0 Å². The number of aliphatic hydroxyl groups excluding tert-OH is 2. The Morgan fingerprint density at radius 3 is 1.73 bits per heavy atom. The van der Waals surface area contributed by atoms with Crippen molar-refractivity contribution in [2.75, 3.05) is 19.8 Å². The Hall–Kier alpha value is -4.98. The number of ether oxygens (including phenoxy) is 1. The number of aryl methyl sites for hydroxylation is 1. The summed E-state index contributed by atoms with van der Waals surface area (Å²) >= 11 is 0. The predicted molar refractivity (Wildman–Crippen MR) is 181 cm³/mol. The molecule has 0 aliphatic carbocycles. The molecule has 0 saturated carbocycles. The number of hydrogen-bond donors (Lipinski definition) is 2. The Morgan fingerprint density at radius 2 is 1.09 bits per heavy atom. The van der Waals surface area contributed by atoms with Crippen LogP contribution in [0.25, 0.3) is 21.5 Å². The molecule has 5 rings (SSSR count). The lowest BCUT2D eigenvalue weighted by atomic mass is 10.0. The van der Waals surface area contributed by atoms with E-state index in [1.54, 1.807) is 0 Å². The second kappa shape index (κ2) is 15.5. The number of rotatable bonds is 8. The Morgan fingerprint density at radius 1 is 0.545 bits per heavy atom. The Labute approximate surface area is 260 Å². The second-order valence-corrected chi connectivity index (χ2v) is 10.6. The SMILES string of the molecule is CCc1cc(C#Cc2ccc3cc(OCCCO)ccc3c2)ccc1C#Cc1ccc2cc(C#CCCCCO)ccc2c1. The lowest BCUT2D eigenvalue weighted by Crippen LogP contribution is -1.99. The molecule has 0 fully saturated rings. The third kappa shape index (κ3) is 8.31. The first-order chi connectivity index (χ1) is 21.6. The summed E-state index contributed by atoms with van der Waals surface area (Å²) in [7, 11) is 0. The van der Waals surface area contributed by atoms with Crippen LogP contribution in [0, 0.1) is 35.5 Å². The van der Waals surface area contributed by atoms with Crippen molar-refractivity contribution in [3.05, 3.63) is 124 Å². The van der Waals surface area contributed by atoms with Gasteiger partial charge in [0.15, 0.2) is 0 Å². The summed E-state index contributed by atoms with van der Waals surface area (Å²) in [5.41, 5.74) is 6.12. The molecule has 0 unspecified atom stereocenters. The van der Waals surface area contributed by atoms with Crippen molar-refractivity contribution in [2.24, 2.45) is 0 Å². The van der Waals surface area contributed by atoms with Crippen LogP contribution in [0.15, 0.2) is 91.0 Å².